The number of hydrogen-bond donors (Lipinski definition) is 1. The number of anilines is 1. The number of carboxylic acid groups (broad SMARTS) is 1. The van der Waals surface area contributed by atoms with Crippen molar-refractivity contribution in [3.05, 3.63) is 42.4 Å². The largest absolute Gasteiger partial charge is 0.481 e. The highest BCUT2D eigenvalue weighted by Crippen LogP contribution is 2.31. The van der Waals surface area contributed by atoms with Crippen LogP contribution in [-0.4, -0.2) is 44.4 Å². The van der Waals surface area contributed by atoms with E-state index < -0.39 is 35.8 Å². The van der Waals surface area contributed by atoms with Gasteiger partial charge in [-0.25, -0.2) is 19.6 Å². The highest BCUT2D eigenvalue weighted by Gasteiger charge is 2.35. The van der Waals surface area contributed by atoms with Gasteiger partial charge in [-0.3, -0.25) is 4.79 Å². The van der Waals surface area contributed by atoms with Gasteiger partial charge in [0.15, 0.2) is 0 Å². The molecule has 0 radical (unpaired) electrons. The number of amides is 2. The Kier molecular flexibility index (Phi) is 6.99. The molecular weight excluding hydrogens is 402 g/mol. The molecule has 0 aliphatic carbocycles. The lowest BCUT2D eigenvalue weighted by molar-refractivity contribution is -0.136. The minimum absolute atomic E-state index is 0.0174. The molecule has 31 heavy (non-hydrogen) atoms. The SMILES string of the molecule is CC(C)(C)OC(=O)N(C(=O)OC(C)(C)C)c1cnc(CC(=O)O)nc1-c1ccccc1. The molecule has 2 amide bonds. The minimum atomic E-state index is -1.11. The van der Waals surface area contributed by atoms with Crippen molar-refractivity contribution >= 4 is 23.8 Å². The Hall–Kier alpha value is -3.49. The van der Waals surface area contributed by atoms with Crippen LogP contribution in [0.5, 0.6) is 0 Å². The Morgan fingerprint density at radius 2 is 1.45 bits per heavy atom. The summed E-state index contributed by atoms with van der Waals surface area (Å²) in [5.41, 5.74) is -0.987. The summed E-state index contributed by atoms with van der Waals surface area (Å²) in [5, 5.41) is 9.10. The molecule has 0 unspecified atom stereocenters. The Bertz CT molecular complexity index is 933. The maximum absolute atomic E-state index is 13.0. The van der Waals surface area contributed by atoms with Gasteiger partial charge in [-0.15, -0.1) is 0 Å². The number of rotatable bonds is 4. The first-order valence-electron chi connectivity index (χ1n) is 9.66. The molecule has 1 N–H and O–H groups in total. The van der Waals surface area contributed by atoms with Gasteiger partial charge in [0.25, 0.3) is 0 Å². The fourth-order valence-electron chi connectivity index (χ4n) is 2.49. The van der Waals surface area contributed by atoms with Gasteiger partial charge in [-0.2, -0.15) is 4.90 Å². The summed E-state index contributed by atoms with van der Waals surface area (Å²) < 4.78 is 10.8. The van der Waals surface area contributed by atoms with Crippen LogP contribution in [0, 0.1) is 0 Å². The van der Waals surface area contributed by atoms with Crippen LogP contribution < -0.4 is 4.90 Å². The lowest BCUT2D eigenvalue weighted by atomic mass is 10.1. The van der Waals surface area contributed by atoms with Gasteiger partial charge in [0.1, 0.15) is 29.1 Å². The number of carboxylic acids is 1. The second-order valence-electron chi connectivity index (χ2n) is 8.75. The molecule has 1 aromatic heterocycles. The second-order valence-corrected chi connectivity index (χ2v) is 8.75. The average Bonchev–Trinajstić information content (AvgIpc) is 2.60. The zero-order valence-electron chi connectivity index (χ0n) is 18.5. The van der Waals surface area contributed by atoms with E-state index in [9.17, 15) is 14.4 Å². The topological polar surface area (TPSA) is 119 Å². The number of carbonyl (C=O) groups is 3. The summed E-state index contributed by atoms with van der Waals surface area (Å²) in [4.78, 5) is 46.2. The Balaban J connectivity index is 2.66. The summed E-state index contributed by atoms with van der Waals surface area (Å²) in [7, 11) is 0. The first-order valence-corrected chi connectivity index (χ1v) is 9.66. The standard InChI is InChI=1S/C22H27N3O6/c1-21(2,3)30-19(28)25(20(29)31-22(4,5)6)15-13-23-16(12-17(26)27)24-18(15)14-10-8-7-9-11-14/h7-11,13H,12H2,1-6H3,(H,26,27). The highest BCUT2D eigenvalue weighted by molar-refractivity contribution is 6.11. The Morgan fingerprint density at radius 3 is 1.90 bits per heavy atom. The summed E-state index contributed by atoms with van der Waals surface area (Å²) >= 11 is 0. The maximum Gasteiger partial charge on any atom is 0.424 e. The maximum atomic E-state index is 13.0. The monoisotopic (exact) mass is 429 g/mol. The number of ether oxygens (including phenoxy) is 2. The molecule has 0 bridgehead atoms. The molecule has 0 spiro atoms. The van der Waals surface area contributed by atoms with E-state index in [-0.39, 0.29) is 17.2 Å². The minimum Gasteiger partial charge on any atom is -0.481 e. The van der Waals surface area contributed by atoms with E-state index in [1.807, 2.05) is 0 Å². The summed E-state index contributed by atoms with van der Waals surface area (Å²) in [5.74, 6) is -1.08. The van der Waals surface area contributed by atoms with Gasteiger partial charge in [-0.1, -0.05) is 30.3 Å². The van der Waals surface area contributed by atoms with Crippen LogP contribution in [-0.2, 0) is 20.7 Å². The van der Waals surface area contributed by atoms with Crippen molar-refractivity contribution < 1.29 is 29.0 Å². The molecule has 9 heteroatoms. The van der Waals surface area contributed by atoms with Gasteiger partial charge in [0.05, 0.1) is 11.9 Å². The highest BCUT2D eigenvalue weighted by atomic mass is 16.6. The smallest absolute Gasteiger partial charge is 0.424 e. The average molecular weight is 429 g/mol. The van der Waals surface area contributed by atoms with Gasteiger partial charge >= 0.3 is 18.2 Å². The molecule has 1 aromatic carbocycles. The van der Waals surface area contributed by atoms with Gasteiger partial charge in [0.2, 0.25) is 0 Å². The molecule has 166 valence electrons. The predicted octanol–water partition coefficient (Wildman–Crippen LogP) is 4.45. The molecule has 0 saturated carbocycles. The number of aromatic nitrogens is 2. The van der Waals surface area contributed by atoms with E-state index in [1.165, 1.54) is 6.20 Å². The van der Waals surface area contributed by atoms with Crippen molar-refractivity contribution in [1.29, 1.82) is 0 Å². The normalized spacial score (nSPS) is 11.5. The molecule has 2 aromatic rings. The molecular formula is C22H27N3O6. The van der Waals surface area contributed by atoms with Crippen molar-refractivity contribution in [3.8, 4) is 11.3 Å². The van der Waals surface area contributed by atoms with E-state index in [2.05, 4.69) is 9.97 Å². The van der Waals surface area contributed by atoms with Crippen LogP contribution in [0.2, 0.25) is 0 Å². The van der Waals surface area contributed by atoms with Crippen molar-refractivity contribution in [2.75, 3.05) is 4.90 Å². The van der Waals surface area contributed by atoms with Crippen LogP contribution in [0.15, 0.2) is 36.5 Å². The Morgan fingerprint density at radius 1 is 0.935 bits per heavy atom. The number of imide groups is 1. The number of aliphatic carboxylic acids is 1. The fraction of sp³-hybridized carbons (Fsp3) is 0.409. The quantitative estimate of drug-likeness (QED) is 0.757. The first kappa shape index (κ1) is 23.8. The molecule has 2 rings (SSSR count). The summed E-state index contributed by atoms with van der Waals surface area (Å²) in [6.45, 7) is 10.0. The predicted molar refractivity (Wildman–Crippen MR) is 114 cm³/mol. The van der Waals surface area contributed by atoms with Crippen molar-refractivity contribution in [2.24, 2.45) is 0 Å². The number of carbonyl (C=O) groups excluding carboxylic acids is 2. The number of nitrogens with zero attached hydrogens (tertiary/aromatic N) is 3. The van der Waals surface area contributed by atoms with Gasteiger partial charge in [0, 0.05) is 5.56 Å². The molecule has 9 nitrogen and oxygen atoms in total. The summed E-state index contributed by atoms with van der Waals surface area (Å²) in [6.07, 6.45) is -1.12. The number of hydrogen-bond acceptors (Lipinski definition) is 7. The third-order valence-corrected chi connectivity index (χ3v) is 3.57. The zero-order chi connectivity index (χ0) is 23.4. The van der Waals surface area contributed by atoms with E-state index in [1.54, 1.807) is 71.9 Å². The van der Waals surface area contributed by atoms with Crippen molar-refractivity contribution in [1.82, 2.24) is 9.97 Å². The zero-order valence-corrected chi connectivity index (χ0v) is 18.5. The van der Waals surface area contributed by atoms with E-state index in [0.29, 0.717) is 5.56 Å². The third-order valence-electron chi connectivity index (χ3n) is 3.57. The molecule has 0 saturated heterocycles. The van der Waals surface area contributed by atoms with Crippen molar-refractivity contribution in [3.63, 3.8) is 0 Å². The lowest BCUT2D eigenvalue weighted by Crippen LogP contribution is -2.44. The summed E-state index contributed by atoms with van der Waals surface area (Å²) in [6, 6.07) is 8.74. The Labute approximate surface area is 181 Å². The van der Waals surface area contributed by atoms with E-state index in [0.717, 1.165) is 4.90 Å². The van der Waals surface area contributed by atoms with Crippen LogP contribution >= 0.6 is 0 Å². The first-order chi connectivity index (χ1) is 14.3. The molecule has 0 aliphatic rings. The van der Waals surface area contributed by atoms with Gasteiger partial charge < -0.3 is 14.6 Å². The fourth-order valence-corrected chi connectivity index (χ4v) is 2.49. The second kappa shape index (κ2) is 9.11. The van der Waals surface area contributed by atoms with Crippen LogP contribution in [0.1, 0.15) is 47.4 Å². The van der Waals surface area contributed by atoms with Crippen LogP contribution in [0.25, 0.3) is 11.3 Å². The van der Waals surface area contributed by atoms with Crippen molar-refractivity contribution in [2.45, 2.75) is 59.2 Å². The molecule has 0 aliphatic heterocycles. The molecule has 0 fully saturated rings. The number of benzene rings is 1. The van der Waals surface area contributed by atoms with E-state index >= 15 is 0 Å². The van der Waals surface area contributed by atoms with Crippen LogP contribution in [0.4, 0.5) is 15.3 Å². The molecule has 1 heterocycles. The van der Waals surface area contributed by atoms with Gasteiger partial charge in [-0.05, 0) is 41.5 Å². The van der Waals surface area contributed by atoms with Crippen LogP contribution in [0.3, 0.4) is 0 Å². The van der Waals surface area contributed by atoms with E-state index in [4.69, 9.17) is 14.6 Å². The third kappa shape index (κ3) is 7.06. The lowest BCUT2D eigenvalue weighted by Gasteiger charge is -2.29. The molecule has 0 atom stereocenters.